The number of rotatable bonds is 6. The number of aromatic amines is 1. The average Bonchev–Trinajstić information content (AvgIpc) is 2.89. The van der Waals surface area contributed by atoms with Gasteiger partial charge < -0.3 is 5.32 Å². The van der Waals surface area contributed by atoms with E-state index in [9.17, 15) is 4.79 Å². The van der Waals surface area contributed by atoms with Crippen LogP contribution in [0, 0.1) is 23.0 Å². The number of benzene rings is 1. The molecule has 0 aliphatic heterocycles. The van der Waals surface area contributed by atoms with Gasteiger partial charge in [0.05, 0.1) is 6.07 Å². The van der Waals surface area contributed by atoms with Gasteiger partial charge >= 0.3 is 0 Å². The summed E-state index contributed by atoms with van der Waals surface area (Å²) in [5, 5.41) is 18.7. The van der Waals surface area contributed by atoms with E-state index in [1.807, 2.05) is 38.1 Å². The third-order valence-electron chi connectivity index (χ3n) is 3.44. The molecule has 1 aromatic carbocycles. The molecule has 0 aliphatic rings. The monoisotopic (exact) mass is 329 g/mol. The molecule has 2 aromatic rings. The van der Waals surface area contributed by atoms with Crippen LogP contribution in [0.5, 0.6) is 0 Å². The topological polar surface area (TPSA) is 86.5 Å². The summed E-state index contributed by atoms with van der Waals surface area (Å²) in [5.41, 5.74) is 2.02. The van der Waals surface area contributed by atoms with Crippen LogP contribution in [0.1, 0.15) is 25.3 Å². The molecule has 0 aliphatic carbocycles. The number of nitrogens with one attached hydrogen (secondary N) is 2. The highest BCUT2D eigenvalue weighted by Gasteiger charge is 2.15. The molecular formula is C16H19N5OS. The lowest BCUT2D eigenvalue weighted by atomic mass is 10.1. The molecule has 23 heavy (non-hydrogen) atoms. The van der Waals surface area contributed by atoms with Crippen molar-refractivity contribution in [2.45, 2.75) is 39.3 Å². The Labute approximate surface area is 140 Å². The Kier molecular flexibility index (Phi) is 5.66. The maximum Gasteiger partial charge on any atom is 0.241 e. The first kappa shape index (κ1) is 16.9. The van der Waals surface area contributed by atoms with E-state index in [-0.39, 0.29) is 12.5 Å². The fraction of sp³-hybridized carbons (Fsp3) is 0.375. The second kappa shape index (κ2) is 7.70. The molecular weight excluding hydrogens is 310 g/mol. The minimum atomic E-state index is -0.476. The molecule has 120 valence electrons. The smallest absolute Gasteiger partial charge is 0.241 e. The predicted molar refractivity (Wildman–Crippen MR) is 90.0 cm³/mol. The summed E-state index contributed by atoms with van der Waals surface area (Å²) in [5.74, 6) is 0.352. The molecule has 1 atom stereocenters. The third kappa shape index (κ3) is 4.27. The van der Waals surface area contributed by atoms with Gasteiger partial charge in [0.15, 0.2) is 10.6 Å². The Bertz CT molecular complexity index is 769. The first-order valence-corrected chi connectivity index (χ1v) is 7.87. The molecule has 2 rings (SSSR count). The number of carbonyl (C=O) groups excluding carboxylic acids is 1. The normalized spacial score (nSPS) is 11.7. The summed E-state index contributed by atoms with van der Waals surface area (Å²) in [6.07, 6.45) is 1.46. The van der Waals surface area contributed by atoms with Crippen LogP contribution in [0.25, 0.3) is 11.4 Å². The lowest BCUT2D eigenvalue weighted by Crippen LogP contribution is -2.36. The van der Waals surface area contributed by atoms with Crippen LogP contribution in [-0.2, 0) is 11.3 Å². The van der Waals surface area contributed by atoms with Gasteiger partial charge in [-0.05, 0) is 25.6 Å². The number of amides is 1. The van der Waals surface area contributed by atoms with Gasteiger partial charge in [0.1, 0.15) is 12.6 Å². The van der Waals surface area contributed by atoms with E-state index in [4.69, 9.17) is 17.5 Å². The summed E-state index contributed by atoms with van der Waals surface area (Å²) >= 11 is 5.21. The van der Waals surface area contributed by atoms with Crippen LogP contribution in [0.3, 0.4) is 0 Å². The number of nitriles is 1. The fourth-order valence-corrected chi connectivity index (χ4v) is 2.43. The largest absolute Gasteiger partial charge is 0.339 e. The minimum absolute atomic E-state index is 0.0282. The Morgan fingerprint density at radius 3 is 2.78 bits per heavy atom. The summed E-state index contributed by atoms with van der Waals surface area (Å²) in [6, 6.07) is 9.44. The van der Waals surface area contributed by atoms with E-state index < -0.39 is 6.04 Å². The fourth-order valence-electron chi connectivity index (χ4n) is 2.23. The van der Waals surface area contributed by atoms with Crippen molar-refractivity contribution in [3.8, 4) is 17.5 Å². The van der Waals surface area contributed by atoms with Crippen molar-refractivity contribution in [1.29, 1.82) is 5.26 Å². The molecule has 0 spiro atoms. The van der Waals surface area contributed by atoms with Gasteiger partial charge in [0.2, 0.25) is 5.91 Å². The Hall–Kier alpha value is -2.46. The van der Waals surface area contributed by atoms with Gasteiger partial charge in [0.25, 0.3) is 0 Å². The number of carbonyl (C=O) groups is 1. The highest BCUT2D eigenvalue weighted by atomic mass is 32.1. The Balaban J connectivity index is 2.19. The number of H-pyrrole nitrogens is 1. The molecule has 1 aromatic heterocycles. The summed E-state index contributed by atoms with van der Waals surface area (Å²) in [4.78, 5) is 12.2. The molecule has 1 heterocycles. The maximum absolute atomic E-state index is 12.2. The van der Waals surface area contributed by atoms with Crippen LogP contribution in [-0.4, -0.2) is 26.7 Å². The van der Waals surface area contributed by atoms with E-state index in [0.717, 1.165) is 17.5 Å². The predicted octanol–water partition coefficient (Wildman–Crippen LogP) is 2.72. The van der Waals surface area contributed by atoms with Crippen molar-refractivity contribution in [3.63, 3.8) is 0 Å². The number of nitrogens with zero attached hydrogens (tertiary/aromatic N) is 3. The first-order chi connectivity index (χ1) is 11.0. The van der Waals surface area contributed by atoms with E-state index in [2.05, 4.69) is 21.6 Å². The second-order valence-corrected chi connectivity index (χ2v) is 5.73. The molecule has 0 radical (unpaired) electrons. The second-order valence-electron chi connectivity index (χ2n) is 5.34. The van der Waals surface area contributed by atoms with Crippen LogP contribution < -0.4 is 5.32 Å². The molecule has 0 unspecified atom stereocenters. The summed E-state index contributed by atoms with van der Waals surface area (Å²) in [6.45, 7) is 4.00. The maximum atomic E-state index is 12.2. The highest BCUT2D eigenvalue weighted by Crippen LogP contribution is 2.17. The zero-order chi connectivity index (χ0) is 16.8. The van der Waals surface area contributed by atoms with Gasteiger partial charge in [-0.15, -0.1) is 0 Å². The minimum Gasteiger partial charge on any atom is -0.339 e. The SMILES string of the molecule is CCC[C@H](C#N)NC(=O)Cn1c(-c2ccc(C)cc2)n[nH]c1=S. The number of aryl methyl sites for hydroxylation is 1. The molecule has 0 saturated heterocycles. The van der Waals surface area contributed by atoms with Gasteiger partial charge in [-0.2, -0.15) is 10.4 Å². The highest BCUT2D eigenvalue weighted by molar-refractivity contribution is 7.71. The van der Waals surface area contributed by atoms with Crippen LogP contribution in [0.2, 0.25) is 0 Å². The molecule has 2 N–H and O–H groups in total. The van der Waals surface area contributed by atoms with Crippen molar-refractivity contribution in [1.82, 2.24) is 20.1 Å². The number of hydrogen-bond acceptors (Lipinski definition) is 4. The van der Waals surface area contributed by atoms with Gasteiger partial charge in [-0.25, -0.2) is 0 Å². The standard InChI is InChI=1S/C16H19N5OS/c1-3-4-13(9-17)18-14(22)10-21-15(19-20-16(21)23)12-7-5-11(2)6-8-12/h5-8,13H,3-4,10H2,1-2H3,(H,18,22)(H,20,23)/t13-/m1/s1. The van der Waals surface area contributed by atoms with Gasteiger partial charge in [-0.1, -0.05) is 43.2 Å². The van der Waals surface area contributed by atoms with Crippen molar-refractivity contribution < 1.29 is 4.79 Å². The van der Waals surface area contributed by atoms with E-state index >= 15 is 0 Å². The van der Waals surface area contributed by atoms with Crippen LogP contribution >= 0.6 is 12.2 Å². The first-order valence-electron chi connectivity index (χ1n) is 7.46. The zero-order valence-corrected chi connectivity index (χ0v) is 14.0. The van der Waals surface area contributed by atoms with Crippen molar-refractivity contribution in [2.24, 2.45) is 0 Å². The van der Waals surface area contributed by atoms with Crippen molar-refractivity contribution in [2.75, 3.05) is 0 Å². The number of hydrogen-bond donors (Lipinski definition) is 2. The quantitative estimate of drug-likeness (QED) is 0.798. The van der Waals surface area contributed by atoms with E-state index in [1.54, 1.807) is 4.57 Å². The van der Waals surface area contributed by atoms with E-state index in [1.165, 1.54) is 0 Å². The average molecular weight is 329 g/mol. The van der Waals surface area contributed by atoms with Crippen molar-refractivity contribution >= 4 is 18.1 Å². The molecule has 0 saturated carbocycles. The zero-order valence-electron chi connectivity index (χ0n) is 13.2. The summed E-state index contributed by atoms with van der Waals surface area (Å²) < 4.78 is 2.01. The third-order valence-corrected chi connectivity index (χ3v) is 3.75. The Morgan fingerprint density at radius 2 is 2.17 bits per heavy atom. The molecule has 1 amide bonds. The van der Waals surface area contributed by atoms with Crippen LogP contribution in [0.4, 0.5) is 0 Å². The molecule has 7 heteroatoms. The molecule has 0 fully saturated rings. The van der Waals surface area contributed by atoms with Gasteiger partial charge in [0, 0.05) is 5.56 Å². The Morgan fingerprint density at radius 1 is 1.48 bits per heavy atom. The van der Waals surface area contributed by atoms with Gasteiger partial charge in [-0.3, -0.25) is 14.5 Å². The molecule has 6 nitrogen and oxygen atoms in total. The van der Waals surface area contributed by atoms with Crippen LogP contribution in [0.15, 0.2) is 24.3 Å². The lowest BCUT2D eigenvalue weighted by molar-refractivity contribution is -0.122. The lowest BCUT2D eigenvalue weighted by Gasteiger charge is -2.12. The number of aromatic nitrogens is 3. The summed E-state index contributed by atoms with van der Waals surface area (Å²) in [7, 11) is 0. The molecule has 0 bridgehead atoms. The van der Waals surface area contributed by atoms with Crippen molar-refractivity contribution in [3.05, 3.63) is 34.6 Å². The van der Waals surface area contributed by atoms with E-state index in [0.29, 0.717) is 17.0 Å².